The van der Waals surface area contributed by atoms with E-state index in [-0.39, 0.29) is 0 Å². The highest BCUT2D eigenvalue weighted by Gasteiger charge is 1.87. The quantitative estimate of drug-likeness (QED) is 0.409. The summed E-state index contributed by atoms with van der Waals surface area (Å²) >= 11 is 0. The molecule has 0 saturated carbocycles. The van der Waals surface area contributed by atoms with E-state index in [1.54, 1.807) is 6.08 Å². The summed E-state index contributed by atoms with van der Waals surface area (Å²) in [5, 5.41) is 0. The van der Waals surface area contributed by atoms with Crippen LogP contribution in [0.25, 0.3) is 6.08 Å². The third-order valence-corrected chi connectivity index (χ3v) is 2.40. The first kappa shape index (κ1) is 13.9. The molecular formula is C17H18O. The average Bonchev–Trinajstić information content (AvgIpc) is 2.38. The largest absolute Gasteiger partial charge is 0.299 e. The fraction of sp³-hybridized carbons (Fsp3) is 0.118. The number of aldehydes is 1. The zero-order valence-electron chi connectivity index (χ0n) is 10.7. The Balaban J connectivity index is 2.45. The van der Waals surface area contributed by atoms with Crippen LogP contribution in [0.1, 0.15) is 18.9 Å². The summed E-state index contributed by atoms with van der Waals surface area (Å²) in [7, 11) is 0. The van der Waals surface area contributed by atoms with E-state index >= 15 is 0 Å². The van der Waals surface area contributed by atoms with E-state index in [9.17, 15) is 4.79 Å². The molecule has 1 heteroatoms. The molecule has 0 radical (unpaired) electrons. The van der Waals surface area contributed by atoms with Crippen LogP contribution < -0.4 is 0 Å². The second kappa shape index (κ2) is 8.02. The van der Waals surface area contributed by atoms with Crippen molar-refractivity contribution in [2.75, 3.05) is 0 Å². The standard InChI is InChI=1S/C17H18O/c1-15(7-6-8-16(2)13-14-18)11-12-17-9-4-3-5-10-17/h3-6,8-14H,1,7H2,2H3/b8-6+,12-11+,16-13+. The molecular weight excluding hydrogens is 220 g/mol. The van der Waals surface area contributed by atoms with Gasteiger partial charge in [0, 0.05) is 0 Å². The Bertz CT molecular complexity index is 476. The first-order valence-electron chi connectivity index (χ1n) is 5.92. The van der Waals surface area contributed by atoms with Gasteiger partial charge < -0.3 is 0 Å². The lowest BCUT2D eigenvalue weighted by molar-refractivity contribution is -0.104. The number of benzene rings is 1. The van der Waals surface area contributed by atoms with Gasteiger partial charge in [0.25, 0.3) is 0 Å². The molecule has 1 nitrogen and oxygen atoms in total. The average molecular weight is 238 g/mol. The van der Waals surface area contributed by atoms with Gasteiger partial charge in [-0.05, 0) is 30.6 Å². The fourth-order valence-electron chi connectivity index (χ4n) is 1.41. The molecule has 0 heterocycles. The van der Waals surface area contributed by atoms with Crippen LogP contribution in [-0.2, 0) is 4.79 Å². The van der Waals surface area contributed by atoms with Crippen molar-refractivity contribution >= 4 is 12.4 Å². The van der Waals surface area contributed by atoms with E-state index in [0.717, 1.165) is 23.9 Å². The van der Waals surface area contributed by atoms with E-state index in [1.165, 1.54) is 5.56 Å². The van der Waals surface area contributed by atoms with Crippen molar-refractivity contribution in [3.8, 4) is 0 Å². The topological polar surface area (TPSA) is 17.1 Å². The van der Waals surface area contributed by atoms with E-state index in [1.807, 2.05) is 49.4 Å². The Morgan fingerprint density at radius 1 is 1.22 bits per heavy atom. The molecule has 0 aromatic heterocycles. The van der Waals surface area contributed by atoms with Gasteiger partial charge in [0.1, 0.15) is 6.29 Å². The molecule has 0 aliphatic rings. The molecule has 0 fully saturated rings. The molecule has 0 aliphatic carbocycles. The first-order valence-corrected chi connectivity index (χ1v) is 5.92. The lowest BCUT2D eigenvalue weighted by Crippen LogP contribution is -1.75. The third kappa shape index (κ3) is 5.80. The Labute approximate surface area is 109 Å². The first-order chi connectivity index (χ1) is 8.72. The number of hydrogen-bond donors (Lipinski definition) is 0. The molecule has 0 N–H and O–H groups in total. The summed E-state index contributed by atoms with van der Waals surface area (Å²) in [5.74, 6) is 0. The molecule has 0 saturated heterocycles. The molecule has 1 aromatic rings. The molecule has 0 unspecified atom stereocenters. The summed E-state index contributed by atoms with van der Waals surface area (Å²) in [6.07, 6.45) is 11.1. The summed E-state index contributed by atoms with van der Waals surface area (Å²) in [6.45, 7) is 5.88. The molecule has 0 atom stereocenters. The number of rotatable bonds is 6. The van der Waals surface area contributed by atoms with Gasteiger partial charge in [-0.25, -0.2) is 0 Å². The van der Waals surface area contributed by atoms with Crippen molar-refractivity contribution in [1.29, 1.82) is 0 Å². The van der Waals surface area contributed by atoms with Crippen molar-refractivity contribution < 1.29 is 4.79 Å². The van der Waals surface area contributed by atoms with Crippen LogP contribution in [0.2, 0.25) is 0 Å². The second-order valence-corrected chi connectivity index (χ2v) is 4.06. The van der Waals surface area contributed by atoms with Gasteiger partial charge in [-0.15, -0.1) is 0 Å². The Kier molecular flexibility index (Phi) is 6.20. The van der Waals surface area contributed by atoms with E-state index in [4.69, 9.17) is 0 Å². The van der Waals surface area contributed by atoms with Crippen molar-refractivity contribution in [2.45, 2.75) is 13.3 Å². The van der Waals surface area contributed by atoms with Crippen molar-refractivity contribution in [3.63, 3.8) is 0 Å². The molecule has 1 rings (SSSR count). The lowest BCUT2D eigenvalue weighted by Gasteiger charge is -1.95. The second-order valence-electron chi connectivity index (χ2n) is 4.06. The molecule has 18 heavy (non-hydrogen) atoms. The minimum atomic E-state index is 0.785. The summed E-state index contributed by atoms with van der Waals surface area (Å²) in [6, 6.07) is 10.1. The maximum absolute atomic E-state index is 10.2. The van der Waals surface area contributed by atoms with Crippen molar-refractivity contribution in [3.05, 3.63) is 77.9 Å². The van der Waals surface area contributed by atoms with Crippen LogP contribution in [0.5, 0.6) is 0 Å². The van der Waals surface area contributed by atoms with Crippen LogP contribution in [0.15, 0.2) is 72.4 Å². The van der Waals surface area contributed by atoms with Gasteiger partial charge in [0.15, 0.2) is 0 Å². The van der Waals surface area contributed by atoms with E-state index < -0.39 is 0 Å². The highest BCUT2D eigenvalue weighted by Crippen LogP contribution is 2.07. The van der Waals surface area contributed by atoms with Crippen LogP contribution in [0.4, 0.5) is 0 Å². The molecule has 0 aliphatic heterocycles. The molecule has 0 spiro atoms. The van der Waals surface area contributed by atoms with Crippen LogP contribution >= 0.6 is 0 Å². The summed E-state index contributed by atoms with van der Waals surface area (Å²) in [4.78, 5) is 10.2. The third-order valence-electron chi connectivity index (χ3n) is 2.40. The maximum Gasteiger partial charge on any atom is 0.143 e. The minimum Gasteiger partial charge on any atom is -0.299 e. The van der Waals surface area contributed by atoms with Crippen LogP contribution in [0.3, 0.4) is 0 Å². The highest BCUT2D eigenvalue weighted by atomic mass is 16.1. The SMILES string of the molecule is C=C(/C=C/c1ccccc1)C/C=C/C(C)=C/C=O. The van der Waals surface area contributed by atoms with Crippen molar-refractivity contribution in [1.82, 2.24) is 0 Å². The maximum atomic E-state index is 10.2. The number of carbonyl (C=O) groups is 1. The van der Waals surface area contributed by atoms with Gasteiger partial charge in [-0.1, -0.05) is 66.8 Å². The summed E-state index contributed by atoms with van der Waals surface area (Å²) in [5.41, 5.74) is 3.15. The lowest BCUT2D eigenvalue weighted by atomic mass is 10.1. The van der Waals surface area contributed by atoms with Gasteiger partial charge in [-0.3, -0.25) is 4.79 Å². The van der Waals surface area contributed by atoms with Crippen LogP contribution in [-0.4, -0.2) is 6.29 Å². The molecule has 0 amide bonds. The zero-order valence-corrected chi connectivity index (χ0v) is 10.7. The van der Waals surface area contributed by atoms with Gasteiger partial charge in [-0.2, -0.15) is 0 Å². The normalized spacial score (nSPS) is 12.2. The monoisotopic (exact) mass is 238 g/mol. The number of hydrogen-bond acceptors (Lipinski definition) is 1. The van der Waals surface area contributed by atoms with Gasteiger partial charge in [0.05, 0.1) is 0 Å². The Morgan fingerprint density at radius 3 is 2.61 bits per heavy atom. The van der Waals surface area contributed by atoms with E-state index in [0.29, 0.717) is 0 Å². The van der Waals surface area contributed by atoms with Crippen LogP contribution in [0, 0.1) is 0 Å². The predicted octanol–water partition coefficient (Wildman–Crippen LogP) is 4.35. The molecule has 92 valence electrons. The smallest absolute Gasteiger partial charge is 0.143 e. The Hall–Kier alpha value is -2.15. The summed E-state index contributed by atoms with van der Waals surface area (Å²) < 4.78 is 0. The Morgan fingerprint density at radius 2 is 1.94 bits per heavy atom. The molecule has 0 bridgehead atoms. The van der Waals surface area contributed by atoms with E-state index in [2.05, 4.69) is 18.7 Å². The molecule has 1 aromatic carbocycles. The fourth-order valence-corrected chi connectivity index (χ4v) is 1.41. The number of carbonyl (C=O) groups excluding carboxylic acids is 1. The zero-order chi connectivity index (χ0) is 13.2. The minimum absolute atomic E-state index is 0.785. The van der Waals surface area contributed by atoms with Gasteiger partial charge >= 0.3 is 0 Å². The predicted molar refractivity (Wildman–Crippen MR) is 78.2 cm³/mol. The van der Waals surface area contributed by atoms with Crippen molar-refractivity contribution in [2.24, 2.45) is 0 Å². The number of allylic oxidation sites excluding steroid dienone is 6. The highest BCUT2D eigenvalue weighted by molar-refractivity contribution is 5.66. The van der Waals surface area contributed by atoms with Gasteiger partial charge in [0.2, 0.25) is 0 Å².